The van der Waals surface area contributed by atoms with E-state index in [0.29, 0.717) is 23.0 Å². The Morgan fingerprint density at radius 1 is 1.20 bits per heavy atom. The molecule has 30 heavy (non-hydrogen) atoms. The fourth-order valence-electron chi connectivity index (χ4n) is 4.39. The van der Waals surface area contributed by atoms with Crippen LogP contribution in [0.2, 0.25) is 0 Å². The zero-order valence-corrected chi connectivity index (χ0v) is 17.5. The third-order valence-corrected chi connectivity index (χ3v) is 6.27. The van der Waals surface area contributed by atoms with E-state index < -0.39 is 12.3 Å². The first-order valence-electron chi connectivity index (χ1n) is 10.5. The van der Waals surface area contributed by atoms with E-state index in [2.05, 4.69) is 29.2 Å². The molecule has 3 aromatic rings. The number of aryl methyl sites for hydroxylation is 1. The largest absolute Gasteiger partial charge is 0.319 e. The molecule has 0 aromatic carbocycles. The zero-order chi connectivity index (χ0) is 21.4. The van der Waals surface area contributed by atoms with Crippen LogP contribution in [0.1, 0.15) is 73.7 Å². The van der Waals surface area contributed by atoms with Crippen LogP contribution in [0.25, 0.3) is 5.65 Å². The van der Waals surface area contributed by atoms with Gasteiger partial charge in [-0.1, -0.05) is 13.8 Å². The summed E-state index contributed by atoms with van der Waals surface area (Å²) in [5.41, 5.74) is 1.43. The monoisotopic (exact) mass is 415 g/mol. The number of anilines is 1. The number of nitrogens with zero attached hydrogens (tertiary/aromatic N) is 4. The average molecular weight is 415 g/mol. The predicted octanol–water partition coefficient (Wildman–Crippen LogP) is 5.42. The summed E-state index contributed by atoms with van der Waals surface area (Å²) in [7, 11) is 0. The number of hydrogen-bond donors (Lipinski definition) is 1. The summed E-state index contributed by atoms with van der Waals surface area (Å²) in [6, 6.07) is 3.56. The third kappa shape index (κ3) is 3.82. The van der Waals surface area contributed by atoms with Crippen molar-refractivity contribution < 1.29 is 13.6 Å². The fraction of sp³-hybridized carbons (Fsp3) is 0.500. The molecule has 1 aliphatic rings. The molecular weight excluding hydrogens is 388 g/mol. The van der Waals surface area contributed by atoms with Gasteiger partial charge in [-0.25, -0.2) is 13.8 Å². The van der Waals surface area contributed by atoms with Gasteiger partial charge in [0.2, 0.25) is 0 Å². The summed E-state index contributed by atoms with van der Waals surface area (Å²) < 4.78 is 30.7. The first-order valence-corrected chi connectivity index (χ1v) is 10.5. The molecule has 3 heterocycles. The van der Waals surface area contributed by atoms with Crippen LogP contribution in [-0.4, -0.2) is 25.1 Å². The summed E-state index contributed by atoms with van der Waals surface area (Å²) in [5, 5.41) is 6.78. The molecule has 1 N–H and O–H groups in total. The number of fused-ring (bicyclic) bond motifs is 1. The highest BCUT2D eigenvalue weighted by atomic mass is 19.3. The molecule has 1 fully saturated rings. The van der Waals surface area contributed by atoms with Crippen molar-refractivity contribution in [2.75, 3.05) is 5.32 Å². The Morgan fingerprint density at radius 3 is 2.60 bits per heavy atom. The van der Waals surface area contributed by atoms with Gasteiger partial charge in [-0.2, -0.15) is 5.10 Å². The smallest absolute Gasteiger partial charge is 0.284 e. The van der Waals surface area contributed by atoms with Crippen molar-refractivity contribution in [2.45, 2.75) is 58.9 Å². The molecule has 1 saturated carbocycles. The van der Waals surface area contributed by atoms with Gasteiger partial charge in [0, 0.05) is 24.3 Å². The lowest BCUT2D eigenvalue weighted by atomic mass is 9.80. The number of nitrogens with one attached hydrogen (secondary N) is 1. The predicted molar refractivity (Wildman–Crippen MR) is 111 cm³/mol. The summed E-state index contributed by atoms with van der Waals surface area (Å²) >= 11 is 0. The van der Waals surface area contributed by atoms with E-state index in [9.17, 15) is 13.6 Å². The molecule has 3 aromatic heterocycles. The van der Waals surface area contributed by atoms with Crippen LogP contribution in [0.15, 0.2) is 30.7 Å². The van der Waals surface area contributed by atoms with E-state index in [0.717, 1.165) is 31.4 Å². The van der Waals surface area contributed by atoms with E-state index in [1.54, 1.807) is 33.7 Å². The van der Waals surface area contributed by atoms with Crippen LogP contribution in [-0.2, 0) is 0 Å². The molecule has 1 amide bonds. The molecule has 8 heteroatoms. The molecule has 0 aliphatic heterocycles. The summed E-state index contributed by atoms with van der Waals surface area (Å²) in [4.78, 5) is 17.1. The normalized spacial score (nSPS) is 19.7. The first-order chi connectivity index (χ1) is 14.3. The van der Waals surface area contributed by atoms with Crippen molar-refractivity contribution in [1.82, 2.24) is 19.2 Å². The fourth-order valence-corrected chi connectivity index (χ4v) is 4.39. The molecule has 6 nitrogen and oxygen atoms in total. The number of halogens is 2. The minimum absolute atomic E-state index is 0.0630. The highest BCUT2D eigenvalue weighted by molar-refractivity contribution is 6.08. The standard InChI is InChI=1S/C22H27F2N5O/c1-13(2)15-4-6-16(7-5-15)29-12-18(19(27-29)20(23)24)26-22(30)17-9-11-28-14(3)8-10-25-21(17)28/h8-13,15-16,20H,4-7H2,1-3H3,(H,26,30). The molecule has 4 rings (SSSR count). The van der Waals surface area contributed by atoms with Crippen molar-refractivity contribution in [2.24, 2.45) is 11.8 Å². The number of rotatable bonds is 5. The number of alkyl halides is 2. The van der Waals surface area contributed by atoms with Gasteiger partial charge in [0.1, 0.15) is 5.65 Å². The Labute approximate surface area is 174 Å². The summed E-state index contributed by atoms with van der Waals surface area (Å²) in [6.45, 7) is 6.36. The highest BCUT2D eigenvalue weighted by Crippen LogP contribution is 2.37. The molecule has 0 bridgehead atoms. The maximum atomic E-state index is 13.6. The van der Waals surface area contributed by atoms with Gasteiger partial charge >= 0.3 is 0 Å². The van der Waals surface area contributed by atoms with E-state index in [1.165, 1.54) is 0 Å². The van der Waals surface area contributed by atoms with Crippen LogP contribution in [0.3, 0.4) is 0 Å². The Kier molecular flexibility index (Phi) is 5.58. The lowest BCUT2D eigenvalue weighted by Crippen LogP contribution is -2.21. The van der Waals surface area contributed by atoms with Crippen molar-refractivity contribution in [3.05, 3.63) is 47.7 Å². The van der Waals surface area contributed by atoms with E-state index in [4.69, 9.17) is 0 Å². The van der Waals surface area contributed by atoms with Crippen LogP contribution in [0.5, 0.6) is 0 Å². The molecule has 0 spiro atoms. The third-order valence-electron chi connectivity index (χ3n) is 6.27. The van der Waals surface area contributed by atoms with Crippen molar-refractivity contribution in [1.29, 1.82) is 0 Å². The summed E-state index contributed by atoms with van der Waals surface area (Å²) in [5.74, 6) is 0.828. The van der Waals surface area contributed by atoms with E-state index in [-0.39, 0.29) is 17.4 Å². The van der Waals surface area contributed by atoms with Gasteiger partial charge in [0.15, 0.2) is 5.69 Å². The SMILES string of the molecule is Cc1ccnc2c(C(=O)Nc3cn(C4CCC(C(C)C)CC4)nc3C(F)F)ccn12. The molecule has 160 valence electrons. The van der Waals surface area contributed by atoms with Gasteiger partial charge in [-0.05, 0) is 56.6 Å². The number of carbonyl (C=O) groups excluding carboxylic acids is 1. The van der Waals surface area contributed by atoms with E-state index >= 15 is 0 Å². The van der Waals surface area contributed by atoms with Gasteiger partial charge in [0.05, 0.1) is 17.3 Å². The minimum atomic E-state index is -2.76. The highest BCUT2D eigenvalue weighted by Gasteiger charge is 2.28. The van der Waals surface area contributed by atoms with Crippen molar-refractivity contribution in [3.8, 4) is 0 Å². The quantitative estimate of drug-likeness (QED) is 0.605. The van der Waals surface area contributed by atoms with Crippen LogP contribution < -0.4 is 5.32 Å². The molecular formula is C22H27F2N5O. The van der Waals surface area contributed by atoms with Crippen LogP contribution >= 0.6 is 0 Å². The van der Waals surface area contributed by atoms with Crippen molar-refractivity contribution in [3.63, 3.8) is 0 Å². The number of hydrogen-bond acceptors (Lipinski definition) is 3. The lowest BCUT2D eigenvalue weighted by molar-refractivity contribution is 0.102. The number of aromatic nitrogens is 4. The Hall–Kier alpha value is -2.77. The molecule has 0 unspecified atom stereocenters. The van der Waals surface area contributed by atoms with E-state index in [1.807, 2.05) is 13.0 Å². The zero-order valence-electron chi connectivity index (χ0n) is 17.5. The van der Waals surface area contributed by atoms with Gasteiger partial charge in [-0.15, -0.1) is 0 Å². The first kappa shape index (κ1) is 20.5. The minimum Gasteiger partial charge on any atom is -0.319 e. The number of carbonyl (C=O) groups is 1. The Balaban J connectivity index is 1.56. The maximum Gasteiger partial charge on any atom is 0.284 e. The van der Waals surface area contributed by atoms with Crippen LogP contribution in [0, 0.1) is 18.8 Å². The Bertz CT molecular complexity index is 1050. The van der Waals surface area contributed by atoms with Crippen LogP contribution in [0.4, 0.5) is 14.5 Å². The average Bonchev–Trinajstić information content (AvgIpc) is 3.33. The van der Waals surface area contributed by atoms with Gasteiger partial charge in [0.25, 0.3) is 12.3 Å². The molecule has 0 atom stereocenters. The topological polar surface area (TPSA) is 64.2 Å². The lowest BCUT2D eigenvalue weighted by Gasteiger charge is -2.30. The van der Waals surface area contributed by atoms with Crippen molar-refractivity contribution >= 4 is 17.2 Å². The molecule has 0 radical (unpaired) electrons. The second-order valence-electron chi connectivity index (χ2n) is 8.48. The second kappa shape index (κ2) is 8.16. The maximum absolute atomic E-state index is 13.6. The Morgan fingerprint density at radius 2 is 1.93 bits per heavy atom. The molecule has 0 saturated heterocycles. The molecule has 1 aliphatic carbocycles. The summed E-state index contributed by atoms with van der Waals surface area (Å²) in [6.07, 6.45) is 6.11. The number of amides is 1. The second-order valence-corrected chi connectivity index (χ2v) is 8.48. The van der Waals surface area contributed by atoms with Gasteiger partial charge in [-0.3, -0.25) is 9.48 Å². The van der Waals surface area contributed by atoms with Gasteiger partial charge < -0.3 is 9.72 Å².